The summed E-state index contributed by atoms with van der Waals surface area (Å²) in [6.07, 6.45) is -2.33. The van der Waals surface area contributed by atoms with Crippen molar-refractivity contribution >= 4 is 50.7 Å². The molecule has 2 aromatic rings. The number of hydrogen-bond donors (Lipinski definition) is 0. The van der Waals surface area contributed by atoms with Crippen molar-refractivity contribution < 1.29 is 37.0 Å². The quantitative estimate of drug-likeness (QED) is 0.342. The molecular formula is C29H42ClN3O9S. The zero-order valence-corrected chi connectivity index (χ0v) is 28.2. The zero-order chi connectivity index (χ0) is 33.3. The van der Waals surface area contributed by atoms with Crippen molar-refractivity contribution in [3.63, 3.8) is 0 Å². The molecule has 0 N–H and O–H groups in total. The molecule has 43 heavy (non-hydrogen) atoms. The first-order valence-corrected chi connectivity index (χ1v) is 15.8. The van der Waals surface area contributed by atoms with Gasteiger partial charge in [-0.15, -0.1) is 0 Å². The van der Waals surface area contributed by atoms with E-state index in [1.165, 1.54) is 17.6 Å². The van der Waals surface area contributed by atoms with Crippen molar-refractivity contribution in [2.45, 2.75) is 98.6 Å². The molecule has 2 rings (SSSR count). The lowest BCUT2D eigenvalue weighted by atomic mass is 10.1. The summed E-state index contributed by atoms with van der Waals surface area (Å²) in [5.74, 6) is 0. The lowest BCUT2D eigenvalue weighted by molar-refractivity contribution is -0.00677. The van der Waals surface area contributed by atoms with Crippen LogP contribution in [-0.4, -0.2) is 70.1 Å². The monoisotopic (exact) mass is 643 g/mol. The first-order valence-electron chi connectivity index (χ1n) is 13.6. The molecule has 1 heterocycles. The summed E-state index contributed by atoms with van der Waals surface area (Å²) in [4.78, 5) is 54.2. The van der Waals surface area contributed by atoms with Gasteiger partial charge < -0.3 is 18.8 Å². The lowest BCUT2D eigenvalue weighted by Crippen LogP contribution is -2.46. The van der Waals surface area contributed by atoms with Crippen molar-refractivity contribution in [3.8, 4) is 0 Å². The third kappa shape index (κ3) is 9.85. The number of pyridine rings is 1. The van der Waals surface area contributed by atoms with Gasteiger partial charge in [0.1, 0.15) is 16.8 Å². The summed E-state index contributed by atoms with van der Waals surface area (Å²) < 4.78 is 43.1. The molecule has 12 nitrogen and oxygen atoms in total. The first kappa shape index (κ1) is 35.9. The second-order valence-corrected chi connectivity index (χ2v) is 15.4. The van der Waals surface area contributed by atoms with Crippen LogP contribution in [0.25, 0.3) is 10.8 Å². The van der Waals surface area contributed by atoms with Crippen LogP contribution in [-0.2, 0) is 30.8 Å². The Morgan fingerprint density at radius 1 is 0.884 bits per heavy atom. The maximum absolute atomic E-state index is 13.9. The van der Waals surface area contributed by atoms with Gasteiger partial charge >= 0.3 is 18.3 Å². The van der Waals surface area contributed by atoms with E-state index in [2.05, 4.69) is 0 Å². The van der Waals surface area contributed by atoms with Gasteiger partial charge in [0, 0.05) is 12.2 Å². The zero-order valence-electron chi connectivity index (χ0n) is 26.6. The molecule has 0 aliphatic carbocycles. The van der Waals surface area contributed by atoms with E-state index < -0.39 is 63.3 Å². The Kier molecular flexibility index (Phi) is 10.6. The predicted octanol–water partition coefficient (Wildman–Crippen LogP) is 6.08. The van der Waals surface area contributed by atoms with Gasteiger partial charge in [-0.25, -0.2) is 32.0 Å². The molecule has 14 heteroatoms. The molecule has 240 valence electrons. The van der Waals surface area contributed by atoms with Crippen LogP contribution in [0.2, 0.25) is 5.02 Å². The van der Waals surface area contributed by atoms with E-state index in [1.54, 1.807) is 80.5 Å². The van der Waals surface area contributed by atoms with Gasteiger partial charge in [0.05, 0.1) is 29.3 Å². The molecule has 0 spiro atoms. The average molecular weight is 644 g/mol. The maximum atomic E-state index is 13.9. The van der Waals surface area contributed by atoms with Crippen LogP contribution in [0, 0.1) is 0 Å². The van der Waals surface area contributed by atoms with Gasteiger partial charge in [-0.05, 0) is 86.8 Å². The Labute approximate surface area is 257 Å². The number of nitrogens with zero attached hydrogens (tertiary/aromatic N) is 3. The summed E-state index contributed by atoms with van der Waals surface area (Å²) in [6.45, 7) is 15.2. The minimum absolute atomic E-state index is 0.129. The van der Waals surface area contributed by atoms with Crippen molar-refractivity contribution in [1.82, 2.24) is 13.8 Å². The standard InChI is InChI=1S/C29H42ClN3O9S/c1-18(33(25(36)41-28(5,6)7)26(37)42-29(8,9)10)21-17-19-13-12-14-20(30)22(19)23(34)31(21)15-16-32(43(11,38)39)24(35)40-27(2,3)4/h12-14,17-18H,15-16H2,1-11H3/t18-/m0/s1. The van der Waals surface area contributed by atoms with Gasteiger partial charge in [0.2, 0.25) is 10.0 Å². The number of benzene rings is 1. The highest BCUT2D eigenvalue weighted by Gasteiger charge is 2.37. The van der Waals surface area contributed by atoms with Gasteiger partial charge in [0.15, 0.2) is 0 Å². The molecule has 0 aliphatic heterocycles. The van der Waals surface area contributed by atoms with Gasteiger partial charge in [-0.3, -0.25) is 4.79 Å². The second-order valence-electron chi connectivity index (χ2n) is 13.1. The summed E-state index contributed by atoms with van der Waals surface area (Å²) in [5, 5.41) is 0.680. The molecule has 0 fully saturated rings. The normalized spacial score (nSPS) is 13.3. The number of ether oxygens (including phenoxy) is 3. The highest BCUT2D eigenvalue weighted by atomic mass is 35.5. The Morgan fingerprint density at radius 2 is 1.35 bits per heavy atom. The Morgan fingerprint density at radius 3 is 1.79 bits per heavy atom. The van der Waals surface area contributed by atoms with Gasteiger partial charge in [0.25, 0.3) is 5.56 Å². The number of halogens is 1. The summed E-state index contributed by atoms with van der Waals surface area (Å²) in [5.41, 5.74) is -3.44. The topological polar surface area (TPSA) is 142 Å². The van der Waals surface area contributed by atoms with Crippen LogP contribution in [0.3, 0.4) is 0 Å². The summed E-state index contributed by atoms with van der Waals surface area (Å²) in [6, 6.07) is 5.20. The molecule has 3 amide bonds. The third-order valence-corrected chi connectivity index (χ3v) is 7.09. The number of rotatable bonds is 6. The molecule has 0 radical (unpaired) electrons. The van der Waals surface area contributed by atoms with Gasteiger partial charge in [-0.2, -0.15) is 0 Å². The number of carbonyl (C=O) groups excluding carboxylic acids is 3. The van der Waals surface area contributed by atoms with Crippen LogP contribution >= 0.6 is 11.6 Å². The van der Waals surface area contributed by atoms with E-state index in [0.29, 0.717) is 9.69 Å². The highest BCUT2D eigenvalue weighted by molar-refractivity contribution is 7.88. The minimum Gasteiger partial charge on any atom is -0.443 e. The fraction of sp³-hybridized carbons (Fsp3) is 0.586. The smallest absolute Gasteiger partial charge is 0.424 e. The van der Waals surface area contributed by atoms with Crippen molar-refractivity contribution in [1.29, 1.82) is 0 Å². The van der Waals surface area contributed by atoms with Crippen molar-refractivity contribution in [2.75, 3.05) is 12.8 Å². The number of sulfonamides is 1. The van der Waals surface area contributed by atoms with Gasteiger partial charge in [-0.1, -0.05) is 23.7 Å². The molecule has 0 saturated heterocycles. The molecule has 0 aliphatic rings. The predicted molar refractivity (Wildman–Crippen MR) is 164 cm³/mol. The Bertz CT molecular complexity index is 1520. The average Bonchev–Trinajstić information content (AvgIpc) is 2.75. The van der Waals surface area contributed by atoms with Crippen LogP contribution in [0.15, 0.2) is 29.1 Å². The molecule has 1 atom stereocenters. The molecule has 1 aromatic heterocycles. The number of amides is 3. The molecule has 0 saturated carbocycles. The molecule has 0 bridgehead atoms. The summed E-state index contributed by atoms with van der Waals surface area (Å²) in [7, 11) is -4.13. The van der Waals surface area contributed by atoms with Crippen LogP contribution in [0.4, 0.5) is 14.4 Å². The van der Waals surface area contributed by atoms with Crippen LogP contribution in [0.5, 0.6) is 0 Å². The lowest BCUT2D eigenvalue weighted by Gasteiger charge is -2.33. The van der Waals surface area contributed by atoms with E-state index >= 15 is 0 Å². The fourth-order valence-electron chi connectivity index (χ4n) is 3.99. The minimum atomic E-state index is -4.13. The van der Waals surface area contributed by atoms with Crippen molar-refractivity contribution in [3.05, 3.63) is 45.3 Å². The fourth-order valence-corrected chi connectivity index (χ4v) is 4.98. The first-order chi connectivity index (χ1) is 19.3. The Hall–Kier alpha value is -3.32. The van der Waals surface area contributed by atoms with Crippen LogP contribution < -0.4 is 5.56 Å². The highest BCUT2D eigenvalue weighted by Crippen LogP contribution is 2.29. The SMILES string of the molecule is C[C@@H](c1cc2cccc(Cl)c2c(=O)n1CCN(C(=O)OC(C)(C)C)S(C)(=O)=O)N(C(=O)OC(C)(C)C)C(=O)OC(C)(C)C. The number of aromatic nitrogens is 1. The van der Waals surface area contributed by atoms with E-state index in [1.807, 2.05) is 0 Å². The molecule has 1 aromatic carbocycles. The number of hydrogen-bond acceptors (Lipinski definition) is 9. The second kappa shape index (κ2) is 12.7. The number of carbonyl (C=O) groups is 3. The maximum Gasteiger partial charge on any atom is 0.424 e. The third-order valence-electron chi connectivity index (χ3n) is 5.64. The molecule has 0 unspecified atom stereocenters. The molecular weight excluding hydrogens is 602 g/mol. The largest absolute Gasteiger partial charge is 0.443 e. The van der Waals surface area contributed by atoms with E-state index in [9.17, 15) is 27.6 Å². The number of fused-ring (bicyclic) bond motifs is 1. The van der Waals surface area contributed by atoms with E-state index in [0.717, 1.165) is 11.2 Å². The van der Waals surface area contributed by atoms with Crippen LogP contribution in [0.1, 0.15) is 81.0 Å². The summed E-state index contributed by atoms with van der Waals surface area (Å²) >= 11 is 6.38. The van der Waals surface area contributed by atoms with E-state index in [4.69, 9.17) is 25.8 Å². The van der Waals surface area contributed by atoms with Crippen molar-refractivity contribution in [2.24, 2.45) is 0 Å². The number of imide groups is 1. The van der Waals surface area contributed by atoms with E-state index in [-0.39, 0.29) is 22.6 Å². The Balaban J connectivity index is 2.77.